The van der Waals surface area contributed by atoms with Gasteiger partial charge in [0.1, 0.15) is 11.8 Å². The molecule has 0 radical (unpaired) electrons. The molecular formula is C15H16ClNO4. The van der Waals surface area contributed by atoms with Crippen molar-refractivity contribution in [1.82, 2.24) is 5.32 Å². The van der Waals surface area contributed by atoms with Crippen LogP contribution in [0.1, 0.15) is 36.0 Å². The first-order chi connectivity index (χ1) is 9.99. The van der Waals surface area contributed by atoms with E-state index < -0.39 is 17.9 Å². The van der Waals surface area contributed by atoms with Crippen LogP contribution in [0.5, 0.6) is 0 Å². The van der Waals surface area contributed by atoms with E-state index in [0.717, 1.165) is 0 Å². The lowest BCUT2D eigenvalue weighted by atomic mass is 9.83. The molecule has 1 aromatic rings. The van der Waals surface area contributed by atoms with Gasteiger partial charge in [0.25, 0.3) is 5.91 Å². The number of carbonyl (C=O) groups is 3. The molecule has 0 spiro atoms. The number of carbonyl (C=O) groups excluding carboxylic acids is 2. The number of halogens is 1. The Balaban J connectivity index is 2.13. The normalized spacial score (nSPS) is 19.9. The zero-order chi connectivity index (χ0) is 15.4. The van der Waals surface area contributed by atoms with Gasteiger partial charge < -0.3 is 10.4 Å². The quantitative estimate of drug-likeness (QED) is 0.893. The molecule has 0 aliphatic heterocycles. The Kier molecular flexibility index (Phi) is 4.96. The molecule has 1 aliphatic rings. The minimum Gasteiger partial charge on any atom is -0.480 e. The maximum atomic E-state index is 12.2. The number of carboxylic acids is 1. The number of amides is 1. The van der Waals surface area contributed by atoms with Crippen LogP contribution in [-0.4, -0.2) is 28.8 Å². The van der Waals surface area contributed by atoms with Crippen molar-refractivity contribution in [2.45, 2.75) is 31.7 Å². The van der Waals surface area contributed by atoms with Gasteiger partial charge in [-0.1, -0.05) is 23.7 Å². The monoisotopic (exact) mass is 309 g/mol. The molecule has 112 valence electrons. The van der Waals surface area contributed by atoms with Gasteiger partial charge >= 0.3 is 5.97 Å². The molecule has 2 N–H and O–H groups in total. The third-order valence-corrected chi connectivity index (χ3v) is 3.99. The van der Waals surface area contributed by atoms with Gasteiger partial charge in [0.2, 0.25) is 0 Å². The Labute approximate surface area is 127 Å². The Morgan fingerprint density at radius 2 is 2.05 bits per heavy atom. The van der Waals surface area contributed by atoms with Gasteiger partial charge in [-0.05, 0) is 30.9 Å². The fraction of sp³-hybridized carbons (Fsp3) is 0.400. The van der Waals surface area contributed by atoms with E-state index in [0.29, 0.717) is 19.3 Å². The van der Waals surface area contributed by atoms with Crippen molar-refractivity contribution in [3.63, 3.8) is 0 Å². The van der Waals surface area contributed by atoms with Crippen LogP contribution in [0.25, 0.3) is 0 Å². The standard InChI is InChI=1S/C15H16ClNO4/c16-12-7-2-1-6-11(12)14(19)17-13(15(20)21)9-4-3-5-10(18)8-9/h1-2,6-7,9,13H,3-5,8H2,(H,17,19)(H,20,21)/t9-,13+/m1/s1. The molecule has 2 rings (SSSR count). The van der Waals surface area contributed by atoms with Crippen molar-refractivity contribution in [3.05, 3.63) is 34.9 Å². The lowest BCUT2D eigenvalue weighted by Gasteiger charge is -2.27. The average Bonchev–Trinajstić information content (AvgIpc) is 2.44. The largest absolute Gasteiger partial charge is 0.480 e. The summed E-state index contributed by atoms with van der Waals surface area (Å²) in [7, 11) is 0. The summed E-state index contributed by atoms with van der Waals surface area (Å²) in [5.41, 5.74) is 0.229. The van der Waals surface area contributed by atoms with E-state index in [-0.39, 0.29) is 28.7 Å². The summed E-state index contributed by atoms with van der Waals surface area (Å²) in [6.45, 7) is 0. The first kappa shape index (κ1) is 15.5. The lowest BCUT2D eigenvalue weighted by Crippen LogP contribution is -2.47. The van der Waals surface area contributed by atoms with Gasteiger partial charge in [0.15, 0.2) is 0 Å². The van der Waals surface area contributed by atoms with Crippen LogP contribution >= 0.6 is 11.6 Å². The summed E-state index contributed by atoms with van der Waals surface area (Å²) in [4.78, 5) is 35.0. The van der Waals surface area contributed by atoms with Crippen LogP contribution in [0, 0.1) is 5.92 Å². The maximum Gasteiger partial charge on any atom is 0.326 e. The van der Waals surface area contributed by atoms with Crippen molar-refractivity contribution < 1.29 is 19.5 Å². The smallest absolute Gasteiger partial charge is 0.326 e. The number of nitrogens with one attached hydrogen (secondary N) is 1. The van der Waals surface area contributed by atoms with Crippen molar-refractivity contribution in [2.24, 2.45) is 5.92 Å². The lowest BCUT2D eigenvalue weighted by molar-refractivity contribution is -0.141. The fourth-order valence-electron chi connectivity index (χ4n) is 2.59. The van der Waals surface area contributed by atoms with Crippen LogP contribution in [0.4, 0.5) is 0 Å². The van der Waals surface area contributed by atoms with Crippen LogP contribution in [0.2, 0.25) is 5.02 Å². The summed E-state index contributed by atoms with van der Waals surface area (Å²) in [5.74, 6) is -1.99. The van der Waals surface area contributed by atoms with Crippen molar-refractivity contribution >= 4 is 29.3 Å². The molecule has 1 aromatic carbocycles. The predicted molar refractivity (Wildman–Crippen MR) is 77.3 cm³/mol. The number of hydrogen-bond acceptors (Lipinski definition) is 3. The van der Waals surface area contributed by atoms with Crippen molar-refractivity contribution in [2.75, 3.05) is 0 Å². The molecule has 1 aliphatic carbocycles. The molecule has 0 unspecified atom stereocenters. The average molecular weight is 310 g/mol. The third-order valence-electron chi connectivity index (χ3n) is 3.66. The first-order valence-electron chi connectivity index (χ1n) is 6.79. The van der Waals surface area contributed by atoms with Crippen LogP contribution < -0.4 is 5.32 Å². The number of carboxylic acid groups (broad SMARTS) is 1. The summed E-state index contributed by atoms with van der Waals surface area (Å²) in [6, 6.07) is 5.37. The number of ketones is 1. The number of aliphatic carboxylic acids is 1. The summed E-state index contributed by atoms with van der Waals surface area (Å²) in [5, 5.41) is 12.1. The molecule has 1 saturated carbocycles. The highest BCUT2D eigenvalue weighted by Crippen LogP contribution is 2.25. The Hall–Kier alpha value is -1.88. The maximum absolute atomic E-state index is 12.2. The number of rotatable bonds is 4. The zero-order valence-corrected chi connectivity index (χ0v) is 12.1. The second-order valence-electron chi connectivity index (χ2n) is 5.16. The third kappa shape index (κ3) is 3.82. The molecule has 5 nitrogen and oxygen atoms in total. The SMILES string of the molecule is O=C1CCC[C@@H]([C@H](NC(=O)c2ccccc2Cl)C(=O)O)C1. The molecule has 0 bridgehead atoms. The molecule has 6 heteroatoms. The predicted octanol–water partition coefficient (Wildman–Crippen LogP) is 2.28. The number of benzene rings is 1. The minimum absolute atomic E-state index is 0.0458. The minimum atomic E-state index is -1.13. The molecular weight excluding hydrogens is 294 g/mol. The summed E-state index contributed by atoms with van der Waals surface area (Å²) < 4.78 is 0. The van der Waals surface area contributed by atoms with E-state index in [9.17, 15) is 19.5 Å². The van der Waals surface area contributed by atoms with E-state index in [1.807, 2.05) is 0 Å². The van der Waals surface area contributed by atoms with Crippen LogP contribution in [-0.2, 0) is 9.59 Å². The number of hydrogen-bond donors (Lipinski definition) is 2. The van der Waals surface area contributed by atoms with Gasteiger partial charge in [0, 0.05) is 12.8 Å². The molecule has 1 amide bonds. The van der Waals surface area contributed by atoms with Gasteiger partial charge in [-0.3, -0.25) is 9.59 Å². The topological polar surface area (TPSA) is 83.5 Å². The van der Waals surface area contributed by atoms with Crippen molar-refractivity contribution in [3.8, 4) is 0 Å². The van der Waals surface area contributed by atoms with Crippen LogP contribution in [0.15, 0.2) is 24.3 Å². The molecule has 0 saturated heterocycles. The van der Waals surface area contributed by atoms with Gasteiger partial charge in [0.05, 0.1) is 10.6 Å². The first-order valence-corrected chi connectivity index (χ1v) is 7.16. The number of Topliss-reactive ketones (excluding diaryl/α,β-unsaturated/α-hetero) is 1. The van der Waals surface area contributed by atoms with Crippen LogP contribution in [0.3, 0.4) is 0 Å². The van der Waals surface area contributed by atoms with E-state index in [2.05, 4.69) is 5.32 Å². The van der Waals surface area contributed by atoms with Gasteiger partial charge in [-0.25, -0.2) is 4.79 Å². The van der Waals surface area contributed by atoms with E-state index in [1.54, 1.807) is 18.2 Å². The van der Waals surface area contributed by atoms with E-state index in [1.165, 1.54) is 6.07 Å². The Bertz CT molecular complexity index is 573. The Morgan fingerprint density at radius 3 is 2.67 bits per heavy atom. The summed E-state index contributed by atoms with van der Waals surface area (Å²) in [6.07, 6.45) is 1.96. The highest BCUT2D eigenvalue weighted by molar-refractivity contribution is 6.33. The van der Waals surface area contributed by atoms with E-state index >= 15 is 0 Å². The van der Waals surface area contributed by atoms with Gasteiger partial charge in [-0.15, -0.1) is 0 Å². The second-order valence-corrected chi connectivity index (χ2v) is 5.57. The molecule has 2 atom stereocenters. The highest BCUT2D eigenvalue weighted by Gasteiger charge is 2.33. The molecule has 0 heterocycles. The van der Waals surface area contributed by atoms with E-state index in [4.69, 9.17) is 11.6 Å². The summed E-state index contributed by atoms with van der Waals surface area (Å²) >= 11 is 5.93. The Morgan fingerprint density at radius 1 is 1.33 bits per heavy atom. The highest BCUT2D eigenvalue weighted by atomic mass is 35.5. The fourth-order valence-corrected chi connectivity index (χ4v) is 2.81. The zero-order valence-electron chi connectivity index (χ0n) is 11.3. The molecule has 0 aromatic heterocycles. The van der Waals surface area contributed by atoms with Crippen molar-refractivity contribution in [1.29, 1.82) is 0 Å². The molecule has 21 heavy (non-hydrogen) atoms. The van der Waals surface area contributed by atoms with Gasteiger partial charge in [-0.2, -0.15) is 0 Å². The second kappa shape index (κ2) is 6.72. The molecule has 1 fully saturated rings.